The van der Waals surface area contributed by atoms with Gasteiger partial charge in [-0.1, -0.05) is 30.3 Å². The first-order valence-corrected chi connectivity index (χ1v) is 11.3. The number of fused-ring (bicyclic) bond motifs is 1. The van der Waals surface area contributed by atoms with Crippen molar-refractivity contribution in [3.05, 3.63) is 68.5 Å². The fourth-order valence-corrected chi connectivity index (χ4v) is 4.46. The second kappa shape index (κ2) is 9.01. The molecule has 10 heteroatoms. The minimum absolute atomic E-state index is 0.131. The van der Waals surface area contributed by atoms with Crippen LogP contribution in [0.5, 0.6) is 0 Å². The molecule has 4 rings (SSSR count). The molecule has 184 valence electrons. The third-order valence-corrected chi connectivity index (χ3v) is 5.68. The number of rotatable bonds is 5. The second-order valence-corrected chi connectivity index (χ2v) is 9.99. The molecule has 2 aliphatic heterocycles. The predicted molar refractivity (Wildman–Crippen MR) is 122 cm³/mol. The number of aromatic nitrogens is 2. The number of likely N-dealkylation sites (tertiary alicyclic amines) is 1. The fourth-order valence-electron chi connectivity index (χ4n) is 4.46. The van der Waals surface area contributed by atoms with Gasteiger partial charge in [-0.15, -0.1) is 0 Å². The Morgan fingerprint density at radius 3 is 2.44 bits per heavy atom. The van der Waals surface area contributed by atoms with E-state index in [2.05, 4.69) is 9.97 Å². The van der Waals surface area contributed by atoms with Gasteiger partial charge in [0, 0.05) is 6.20 Å². The largest absolute Gasteiger partial charge is 0.444 e. The lowest BCUT2D eigenvalue weighted by atomic mass is 10.0. The lowest BCUT2D eigenvalue weighted by Gasteiger charge is -2.35. The van der Waals surface area contributed by atoms with Gasteiger partial charge in [0.2, 0.25) is 0 Å². The first kappa shape index (κ1) is 24.2. The Morgan fingerprint density at radius 2 is 1.79 bits per heavy atom. The first-order valence-electron chi connectivity index (χ1n) is 11.3. The van der Waals surface area contributed by atoms with Crippen molar-refractivity contribution in [2.24, 2.45) is 0 Å². The van der Waals surface area contributed by atoms with E-state index in [4.69, 9.17) is 18.9 Å². The number of benzene rings is 1. The van der Waals surface area contributed by atoms with Gasteiger partial charge in [0.05, 0.1) is 30.9 Å². The zero-order valence-electron chi connectivity index (χ0n) is 20.0. The van der Waals surface area contributed by atoms with Gasteiger partial charge in [-0.2, -0.15) is 0 Å². The number of carbonyl (C=O) groups excluding carboxylic acids is 1. The lowest BCUT2D eigenvalue weighted by Crippen LogP contribution is -2.48. The molecule has 0 saturated carbocycles. The monoisotopic (exact) mass is 473 g/mol. The van der Waals surface area contributed by atoms with Crippen molar-refractivity contribution >= 4 is 6.09 Å². The molecule has 1 aromatic carbocycles. The normalized spacial score (nSPS) is 25.9. The average Bonchev–Trinajstić information content (AvgIpc) is 3.18. The Bertz CT molecular complexity index is 1140. The number of nitrogens with zero attached hydrogens (tertiary/aromatic N) is 1. The first-order chi connectivity index (χ1) is 16.0. The molecule has 0 unspecified atom stereocenters. The van der Waals surface area contributed by atoms with Crippen LogP contribution in [-0.4, -0.2) is 57.2 Å². The smallest absolute Gasteiger partial charge is 0.411 e. The van der Waals surface area contributed by atoms with E-state index in [9.17, 15) is 14.4 Å². The molecular formula is C24H31N3O7. The quantitative estimate of drug-likeness (QED) is 0.684. The van der Waals surface area contributed by atoms with Crippen molar-refractivity contribution < 1.29 is 23.7 Å². The molecule has 2 aliphatic rings. The van der Waals surface area contributed by atoms with Crippen LogP contribution in [0.1, 0.15) is 51.8 Å². The Hall–Kier alpha value is -2.95. The zero-order chi connectivity index (χ0) is 24.7. The number of carbonyl (C=O) groups is 1. The van der Waals surface area contributed by atoms with E-state index in [0.29, 0.717) is 6.61 Å². The minimum Gasteiger partial charge on any atom is -0.444 e. The molecule has 2 aromatic rings. The van der Waals surface area contributed by atoms with Crippen LogP contribution >= 0.6 is 0 Å². The van der Waals surface area contributed by atoms with Gasteiger partial charge in [-0.05, 0) is 40.2 Å². The van der Waals surface area contributed by atoms with Gasteiger partial charge in [-0.25, -0.2) is 9.59 Å². The third kappa shape index (κ3) is 5.08. The summed E-state index contributed by atoms with van der Waals surface area (Å²) in [5.41, 5.74) is -0.863. The van der Waals surface area contributed by atoms with Gasteiger partial charge < -0.3 is 23.9 Å². The SMILES string of the molecule is CC(C)(C)OC(=O)N1[C@H](COCc2ccccc2)[C@H]2OC(C)(C)O[C@H]2[C@@H]1c1c[nH]c(=O)[nH]c1=O. The number of H-pyrrole nitrogens is 2. The molecule has 2 N–H and O–H groups in total. The standard InChI is InChI=1S/C24H31N3O7/c1-23(2,3)34-22(30)27-16(13-31-12-14-9-7-6-8-10-14)18-19(33-24(4,5)32-18)17(27)15-11-25-21(29)26-20(15)28/h6-11,16-19H,12-13H2,1-5H3,(H2,25,26,28,29)/t16-,17+,18-,19+/m1/s1. The highest BCUT2D eigenvalue weighted by Gasteiger charge is 2.61. The van der Waals surface area contributed by atoms with Crippen molar-refractivity contribution in [2.75, 3.05) is 6.61 Å². The molecule has 2 fully saturated rings. The number of aromatic amines is 2. The Kier molecular flexibility index (Phi) is 6.41. The van der Waals surface area contributed by atoms with Crippen molar-refractivity contribution in [3.8, 4) is 0 Å². The van der Waals surface area contributed by atoms with Gasteiger partial charge in [-0.3, -0.25) is 14.7 Å². The van der Waals surface area contributed by atoms with Crippen LogP contribution in [0.4, 0.5) is 4.79 Å². The van der Waals surface area contributed by atoms with Crippen LogP contribution in [0, 0.1) is 0 Å². The molecule has 0 radical (unpaired) electrons. The maximum absolute atomic E-state index is 13.4. The average molecular weight is 474 g/mol. The molecule has 2 saturated heterocycles. The number of hydrogen-bond acceptors (Lipinski definition) is 7. The molecule has 1 amide bonds. The van der Waals surface area contributed by atoms with Crippen molar-refractivity contribution in [3.63, 3.8) is 0 Å². The zero-order valence-corrected chi connectivity index (χ0v) is 20.0. The van der Waals surface area contributed by atoms with Gasteiger partial charge in [0.1, 0.15) is 17.8 Å². The molecule has 10 nitrogen and oxygen atoms in total. The number of amides is 1. The summed E-state index contributed by atoms with van der Waals surface area (Å²) in [5.74, 6) is -0.930. The number of ether oxygens (including phenoxy) is 4. The van der Waals surface area contributed by atoms with Crippen molar-refractivity contribution in [1.29, 1.82) is 0 Å². The third-order valence-electron chi connectivity index (χ3n) is 5.68. The van der Waals surface area contributed by atoms with Crippen LogP contribution in [0.15, 0.2) is 46.1 Å². The van der Waals surface area contributed by atoms with E-state index in [-0.39, 0.29) is 12.2 Å². The highest BCUT2D eigenvalue weighted by Crippen LogP contribution is 2.47. The van der Waals surface area contributed by atoms with Crippen LogP contribution < -0.4 is 11.2 Å². The predicted octanol–water partition coefficient (Wildman–Crippen LogP) is 2.46. The summed E-state index contributed by atoms with van der Waals surface area (Å²) in [4.78, 5) is 44.0. The summed E-state index contributed by atoms with van der Waals surface area (Å²) in [7, 11) is 0. The summed E-state index contributed by atoms with van der Waals surface area (Å²) in [6, 6.07) is 8.22. The Balaban J connectivity index is 1.70. The van der Waals surface area contributed by atoms with Crippen molar-refractivity contribution in [2.45, 2.75) is 76.9 Å². The van der Waals surface area contributed by atoms with Crippen LogP contribution in [-0.2, 0) is 25.6 Å². The molecule has 0 bridgehead atoms. The second-order valence-electron chi connectivity index (χ2n) is 9.99. The Morgan fingerprint density at radius 1 is 1.12 bits per heavy atom. The number of nitrogens with one attached hydrogen (secondary N) is 2. The van der Waals surface area contributed by atoms with Crippen molar-refractivity contribution in [1.82, 2.24) is 14.9 Å². The molecular weight excluding hydrogens is 442 g/mol. The summed E-state index contributed by atoms with van der Waals surface area (Å²) in [6.45, 7) is 9.32. The van der Waals surface area contributed by atoms with Gasteiger partial charge in [0.15, 0.2) is 5.79 Å². The lowest BCUT2D eigenvalue weighted by molar-refractivity contribution is -0.170. The maximum Gasteiger partial charge on any atom is 0.411 e. The van der Waals surface area contributed by atoms with E-state index < -0.39 is 53.0 Å². The molecule has 3 heterocycles. The highest BCUT2D eigenvalue weighted by atomic mass is 16.8. The molecule has 0 aliphatic carbocycles. The molecule has 1 aromatic heterocycles. The molecule has 34 heavy (non-hydrogen) atoms. The summed E-state index contributed by atoms with van der Waals surface area (Å²) >= 11 is 0. The Labute approximate surface area is 197 Å². The van der Waals surface area contributed by atoms with E-state index >= 15 is 0 Å². The van der Waals surface area contributed by atoms with Gasteiger partial charge >= 0.3 is 11.8 Å². The summed E-state index contributed by atoms with van der Waals surface area (Å²) in [5, 5.41) is 0. The van der Waals surface area contributed by atoms with Crippen LogP contribution in [0.3, 0.4) is 0 Å². The topological polar surface area (TPSA) is 123 Å². The summed E-state index contributed by atoms with van der Waals surface area (Å²) in [6.07, 6.45) is -0.562. The molecule has 4 atom stereocenters. The fraction of sp³-hybridized carbons (Fsp3) is 0.542. The van der Waals surface area contributed by atoms with E-state index in [1.807, 2.05) is 30.3 Å². The van der Waals surface area contributed by atoms with Gasteiger partial charge in [0.25, 0.3) is 5.56 Å². The van der Waals surface area contributed by atoms with Crippen LogP contribution in [0.2, 0.25) is 0 Å². The van der Waals surface area contributed by atoms with E-state index in [0.717, 1.165) is 5.56 Å². The van der Waals surface area contributed by atoms with Crippen LogP contribution in [0.25, 0.3) is 0 Å². The molecule has 0 spiro atoms. The highest BCUT2D eigenvalue weighted by molar-refractivity contribution is 5.70. The maximum atomic E-state index is 13.4. The summed E-state index contributed by atoms with van der Waals surface area (Å²) < 4.78 is 24.0. The van der Waals surface area contributed by atoms with E-state index in [1.165, 1.54) is 11.1 Å². The number of hydrogen-bond donors (Lipinski definition) is 2. The minimum atomic E-state index is -0.930. The van der Waals surface area contributed by atoms with E-state index in [1.54, 1.807) is 34.6 Å².